The van der Waals surface area contributed by atoms with Crippen LogP contribution < -0.4 is 5.32 Å². The molecule has 1 N–H and O–H groups in total. The molecule has 3 rings (SSSR count). The topological polar surface area (TPSA) is 68.2 Å². The molecule has 3 heterocycles. The highest BCUT2D eigenvalue weighted by Gasteiger charge is 2.04. The van der Waals surface area contributed by atoms with Crippen LogP contribution in [0.2, 0.25) is 0 Å². The van der Waals surface area contributed by atoms with E-state index in [1.54, 1.807) is 11.3 Å². The van der Waals surface area contributed by atoms with E-state index in [1.165, 1.54) is 0 Å². The van der Waals surface area contributed by atoms with Crippen LogP contribution in [0.4, 0.5) is 0 Å². The van der Waals surface area contributed by atoms with Crippen LogP contribution >= 0.6 is 11.3 Å². The Balaban J connectivity index is 1.48. The average molecular weight is 263 g/mol. The lowest BCUT2D eigenvalue weighted by Gasteiger charge is -1.98. The fraction of sp³-hybridized carbons (Fsp3) is 0.364. The molecular weight excluding hydrogens is 250 g/mol. The first-order valence-corrected chi connectivity index (χ1v) is 6.60. The molecule has 0 bridgehead atoms. The van der Waals surface area contributed by atoms with Crippen molar-refractivity contribution in [2.75, 3.05) is 6.54 Å². The second kappa shape index (κ2) is 4.87. The van der Waals surface area contributed by atoms with Gasteiger partial charge in [-0.3, -0.25) is 4.40 Å². The van der Waals surface area contributed by atoms with Gasteiger partial charge < -0.3 is 9.84 Å². The molecule has 0 amide bonds. The maximum atomic E-state index is 5.03. The number of aromatic nitrogens is 4. The van der Waals surface area contributed by atoms with E-state index < -0.39 is 0 Å². The van der Waals surface area contributed by atoms with Crippen molar-refractivity contribution < 1.29 is 4.52 Å². The molecule has 18 heavy (non-hydrogen) atoms. The number of fused-ring (bicyclic) bond motifs is 1. The summed E-state index contributed by atoms with van der Waals surface area (Å²) in [6.45, 7) is 3.37. The maximum Gasteiger partial charge on any atom is 0.227 e. The molecule has 0 saturated heterocycles. The summed E-state index contributed by atoms with van der Waals surface area (Å²) in [4.78, 5) is 9.66. The highest BCUT2D eigenvalue weighted by Crippen LogP contribution is 2.10. The summed E-state index contributed by atoms with van der Waals surface area (Å²) < 4.78 is 7.06. The fourth-order valence-corrected chi connectivity index (χ4v) is 2.43. The van der Waals surface area contributed by atoms with Gasteiger partial charge in [0.15, 0.2) is 10.8 Å². The monoisotopic (exact) mass is 263 g/mol. The molecule has 0 aliphatic heterocycles. The third-order valence-corrected chi connectivity index (χ3v) is 3.31. The molecule has 94 valence electrons. The van der Waals surface area contributed by atoms with Crippen LogP contribution in [0, 0.1) is 6.92 Å². The van der Waals surface area contributed by atoms with E-state index in [9.17, 15) is 0 Å². The molecule has 3 aromatic heterocycles. The van der Waals surface area contributed by atoms with Gasteiger partial charge in [0, 0.05) is 37.3 Å². The Kier molecular flexibility index (Phi) is 3.07. The molecule has 0 spiro atoms. The van der Waals surface area contributed by atoms with Crippen LogP contribution in [0.15, 0.2) is 22.3 Å². The first-order valence-electron chi connectivity index (χ1n) is 5.72. The Morgan fingerprint density at radius 1 is 1.44 bits per heavy atom. The summed E-state index contributed by atoms with van der Waals surface area (Å²) >= 11 is 1.64. The number of hydrogen-bond donors (Lipinski definition) is 1. The molecule has 0 aliphatic carbocycles. The average Bonchev–Trinajstić information content (AvgIpc) is 3.00. The Morgan fingerprint density at radius 3 is 3.17 bits per heavy atom. The van der Waals surface area contributed by atoms with Crippen LogP contribution in [-0.2, 0) is 13.0 Å². The van der Waals surface area contributed by atoms with Crippen molar-refractivity contribution in [1.82, 2.24) is 24.8 Å². The first-order chi connectivity index (χ1) is 8.81. The van der Waals surface area contributed by atoms with Crippen LogP contribution in [0.1, 0.15) is 17.4 Å². The van der Waals surface area contributed by atoms with Crippen LogP contribution in [0.25, 0.3) is 4.96 Å². The quantitative estimate of drug-likeness (QED) is 0.705. The van der Waals surface area contributed by atoms with E-state index in [4.69, 9.17) is 4.52 Å². The summed E-state index contributed by atoms with van der Waals surface area (Å²) in [7, 11) is 0. The molecule has 0 aromatic carbocycles. The standard InChI is InChI=1S/C11H13N5OS/c1-8-13-10(17-15-8)2-3-12-6-9-7-16-4-5-18-11(16)14-9/h4-5,7,12H,2-3,6H2,1H3. The Labute approximate surface area is 108 Å². The number of nitrogens with one attached hydrogen (secondary N) is 1. The zero-order chi connectivity index (χ0) is 12.4. The van der Waals surface area contributed by atoms with Crippen LogP contribution in [-0.4, -0.2) is 26.1 Å². The molecule has 0 radical (unpaired) electrons. The van der Waals surface area contributed by atoms with E-state index in [0.717, 1.165) is 30.2 Å². The Morgan fingerprint density at radius 2 is 2.39 bits per heavy atom. The van der Waals surface area contributed by atoms with Gasteiger partial charge in [-0.15, -0.1) is 11.3 Å². The zero-order valence-electron chi connectivity index (χ0n) is 9.96. The minimum atomic E-state index is 0.672. The van der Waals surface area contributed by atoms with Gasteiger partial charge in [-0.1, -0.05) is 5.16 Å². The third kappa shape index (κ3) is 2.41. The SMILES string of the molecule is Cc1noc(CCNCc2cn3ccsc3n2)n1. The number of hydrogen-bond acceptors (Lipinski definition) is 6. The van der Waals surface area contributed by atoms with Gasteiger partial charge in [-0.05, 0) is 6.92 Å². The van der Waals surface area contributed by atoms with Gasteiger partial charge >= 0.3 is 0 Å². The van der Waals surface area contributed by atoms with E-state index in [2.05, 4.69) is 20.4 Å². The minimum Gasteiger partial charge on any atom is -0.339 e. The molecule has 7 heteroatoms. The first kappa shape index (κ1) is 11.4. The predicted molar refractivity (Wildman–Crippen MR) is 67.5 cm³/mol. The second-order valence-corrected chi connectivity index (χ2v) is 4.86. The smallest absolute Gasteiger partial charge is 0.227 e. The van der Waals surface area contributed by atoms with Crippen molar-refractivity contribution in [3.05, 3.63) is 35.2 Å². The van der Waals surface area contributed by atoms with E-state index >= 15 is 0 Å². The lowest BCUT2D eigenvalue weighted by Crippen LogP contribution is -2.17. The molecule has 0 atom stereocenters. The Hall–Kier alpha value is -1.73. The second-order valence-electron chi connectivity index (χ2n) is 3.99. The fourth-order valence-electron chi connectivity index (χ4n) is 1.71. The molecule has 0 saturated carbocycles. The van der Waals surface area contributed by atoms with Crippen LogP contribution in [0.3, 0.4) is 0 Å². The molecule has 0 unspecified atom stereocenters. The van der Waals surface area contributed by atoms with Crippen molar-refractivity contribution in [3.63, 3.8) is 0 Å². The summed E-state index contributed by atoms with van der Waals surface area (Å²) in [5.74, 6) is 1.35. The lowest BCUT2D eigenvalue weighted by molar-refractivity contribution is 0.372. The summed E-state index contributed by atoms with van der Waals surface area (Å²) in [6.07, 6.45) is 4.79. The number of thiazole rings is 1. The summed E-state index contributed by atoms with van der Waals surface area (Å²) in [6, 6.07) is 0. The van der Waals surface area contributed by atoms with Gasteiger partial charge in [0.2, 0.25) is 5.89 Å². The molecule has 3 aromatic rings. The predicted octanol–water partition coefficient (Wildman–Crippen LogP) is 1.42. The number of rotatable bonds is 5. The van der Waals surface area contributed by atoms with E-state index in [1.807, 2.05) is 29.1 Å². The zero-order valence-corrected chi connectivity index (χ0v) is 10.8. The normalized spacial score (nSPS) is 11.4. The van der Waals surface area contributed by atoms with Gasteiger partial charge in [0.25, 0.3) is 0 Å². The molecule has 0 fully saturated rings. The van der Waals surface area contributed by atoms with Gasteiger partial charge in [-0.2, -0.15) is 4.98 Å². The molecule has 0 aliphatic rings. The van der Waals surface area contributed by atoms with Gasteiger partial charge in [0.05, 0.1) is 5.69 Å². The van der Waals surface area contributed by atoms with Crippen LogP contribution in [0.5, 0.6) is 0 Å². The largest absolute Gasteiger partial charge is 0.339 e. The van der Waals surface area contributed by atoms with Crippen molar-refractivity contribution in [3.8, 4) is 0 Å². The van der Waals surface area contributed by atoms with Crippen molar-refractivity contribution in [1.29, 1.82) is 0 Å². The molecular formula is C11H13N5OS. The highest BCUT2D eigenvalue weighted by molar-refractivity contribution is 7.15. The highest BCUT2D eigenvalue weighted by atomic mass is 32.1. The van der Waals surface area contributed by atoms with E-state index in [-0.39, 0.29) is 0 Å². The maximum absolute atomic E-state index is 5.03. The number of nitrogens with zero attached hydrogens (tertiary/aromatic N) is 4. The summed E-state index contributed by atoms with van der Waals surface area (Å²) in [5.41, 5.74) is 1.04. The summed E-state index contributed by atoms with van der Waals surface area (Å²) in [5, 5.41) is 9.08. The van der Waals surface area contributed by atoms with Crippen molar-refractivity contribution in [2.24, 2.45) is 0 Å². The number of aryl methyl sites for hydroxylation is 1. The number of imidazole rings is 1. The van der Waals surface area contributed by atoms with Crippen molar-refractivity contribution in [2.45, 2.75) is 19.9 Å². The van der Waals surface area contributed by atoms with Crippen molar-refractivity contribution >= 4 is 16.3 Å². The van der Waals surface area contributed by atoms with Gasteiger partial charge in [0.1, 0.15) is 0 Å². The Bertz CT molecular complexity index is 612. The minimum absolute atomic E-state index is 0.672. The van der Waals surface area contributed by atoms with Gasteiger partial charge in [-0.25, -0.2) is 4.98 Å². The third-order valence-electron chi connectivity index (χ3n) is 2.53. The molecule has 6 nitrogen and oxygen atoms in total. The lowest BCUT2D eigenvalue weighted by atomic mass is 10.4. The van der Waals surface area contributed by atoms with E-state index in [0.29, 0.717) is 11.7 Å².